The molecule has 0 atom stereocenters. The van der Waals surface area contributed by atoms with Crippen LogP contribution >= 0.6 is 0 Å². The first-order valence-electron chi connectivity index (χ1n) is 3.75. The van der Waals surface area contributed by atoms with Crippen molar-refractivity contribution in [3.05, 3.63) is 23.2 Å². The van der Waals surface area contributed by atoms with Crippen molar-refractivity contribution >= 4 is 12.2 Å². The van der Waals surface area contributed by atoms with E-state index in [0.717, 1.165) is 11.3 Å². The second-order valence-electron chi connectivity index (χ2n) is 2.64. The van der Waals surface area contributed by atoms with Crippen LogP contribution in [0.15, 0.2) is 15.6 Å². The molecule has 1 rings (SSSR count). The number of aryl methyl sites for hydroxylation is 2. The van der Waals surface area contributed by atoms with E-state index in [2.05, 4.69) is 10.5 Å². The highest BCUT2D eigenvalue weighted by Gasteiger charge is 2.00. The number of urea groups is 1. The lowest BCUT2D eigenvalue weighted by atomic mass is 10.3. The molecule has 0 aromatic carbocycles. The SMILES string of the molecule is Cc1cc(C)c(/C=N/NC(N)=O)o1. The van der Waals surface area contributed by atoms with Crippen LogP contribution in [0.4, 0.5) is 4.79 Å². The number of rotatable bonds is 2. The van der Waals surface area contributed by atoms with E-state index in [4.69, 9.17) is 10.2 Å². The van der Waals surface area contributed by atoms with Gasteiger partial charge in [-0.3, -0.25) is 0 Å². The van der Waals surface area contributed by atoms with Gasteiger partial charge in [0.05, 0.1) is 6.21 Å². The summed E-state index contributed by atoms with van der Waals surface area (Å²) < 4.78 is 5.25. The first-order valence-corrected chi connectivity index (χ1v) is 3.75. The van der Waals surface area contributed by atoms with Crippen molar-refractivity contribution in [3.63, 3.8) is 0 Å². The number of primary amides is 1. The Labute approximate surface area is 75.6 Å². The summed E-state index contributed by atoms with van der Waals surface area (Å²) in [5.74, 6) is 1.42. The van der Waals surface area contributed by atoms with Crippen LogP contribution < -0.4 is 11.2 Å². The maximum absolute atomic E-state index is 10.2. The molecule has 0 aliphatic rings. The van der Waals surface area contributed by atoms with E-state index in [1.54, 1.807) is 0 Å². The molecule has 5 heteroatoms. The smallest absolute Gasteiger partial charge is 0.332 e. The maximum atomic E-state index is 10.2. The molecule has 0 saturated carbocycles. The Morgan fingerprint density at radius 1 is 1.69 bits per heavy atom. The molecule has 13 heavy (non-hydrogen) atoms. The standard InChI is InChI=1S/C8H11N3O2/c1-5-3-6(2)13-7(5)4-10-11-8(9)12/h3-4H,1-2H3,(H3,9,11,12)/b10-4+. The third kappa shape index (κ3) is 2.62. The Hall–Kier alpha value is -1.78. The predicted molar refractivity (Wildman–Crippen MR) is 48.5 cm³/mol. The number of carbonyl (C=O) groups is 1. The molecule has 1 heterocycles. The van der Waals surface area contributed by atoms with Crippen LogP contribution in [0.25, 0.3) is 0 Å². The highest BCUT2D eigenvalue weighted by Crippen LogP contribution is 2.10. The second kappa shape index (κ2) is 3.75. The van der Waals surface area contributed by atoms with Crippen molar-refractivity contribution in [1.29, 1.82) is 0 Å². The molecule has 0 fully saturated rings. The summed E-state index contributed by atoms with van der Waals surface area (Å²) in [5.41, 5.74) is 7.85. The van der Waals surface area contributed by atoms with Crippen molar-refractivity contribution in [2.45, 2.75) is 13.8 Å². The molecule has 0 aliphatic heterocycles. The van der Waals surface area contributed by atoms with E-state index < -0.39 is 6.03 Å². The molecule has 0 spiro atoms. The lowest BCUT2D eigenvalue weighted by molar-refractivity contribution is 0.249. The van der Waals surface area contributed by atoms with Gasteiger partial charge in [0.2, 0.25) is 0 Å². The fourth-order valence-electron chi connectivity index (χ4n) is 0.942. The normalized spacial score (nSPS) is 10.6. The number of hydrogen-bond donors (Lipinski definition) is 2. The summed E-state index contributed by atoms with van der Waals surface area (Å²) in [6, 6.07) is 1.18. The van der Waals surface area contributed by atoms with Gasteiger partial charge in [-0.05, 0) is 25.5 Å². The maximum Gasteiger partial charge on any atom is 0.332 e. The number of hydrogen-bond acceptors (Lipinski definition) is 3. The second-order valence-corrected chi connectivity index (χ2v) is 2.64. The van der Waals surface area contributed by atoms with Crippen LogP contribution in [0.1, 0.15) is 17.1 Å². The number of nitrogens with zero attached hydrogens (tertiary/aromatic N) is 1. The summed E-state index contributed by atoms with van der Waals surface area (Å²) in [6.45, 7) is 3.73. The van der Waals surface area contributed by atoms with Crippen LogP contribution in [0, 0.1) is 13.8 Å². The average Bonchev–Trinajstić information content (AvgIpc) is 2.29. The molecule has 0 saturated heterocycles. The van der Waals surface area contributed by atoms with Crippen molar-refractivity contribution in [3.8, 4) is 0 Å². The van der Waals surface area contributed by atoms with E-state index in [9.17, 15) is 4.79 Å². The van der Waals surface area contributed by atoms with Crippen LogP contribution in [-0.4, -0.2) is 12.2 Å². The number of furan rings is 1. The molecule has 0 aliphatic carbocycles. The largest absolute Gasteiger partial charge is 0.460 e. The third-order valence-corrected chi connectivity index (χ3v) is 1.44. The minimum absolute atomic E-state index is 0.617. The zero-order chi connectivity index (χ0) is 9.84. The average molecular weight is 181 g/mol. The van der Waals surface area contributed by atoms with Crippen LogP contribution in [-0.2, 0) is 0 Å². The third-order valence-electron chi connectivity index (χ3n) is 1.44. The summed E-state index contributed by atoms with van der Waals surface area (Å²) in [4.78, 5) is 10.2. The highest BCUT2D eigenvalue weighted by atomic mass is 16.3. The molecule has 5 nitrogen and oxygen atoms in total. The molecular weight excluding hydrogens is 170 g/mol. The molecule has 1 aromatic heterocycles. The van der Waals surface area contributed by atoms with Gasteiger partial charge in [0, 0.05) is 0 Å². The number of nitrogens with two attached hydrogens (primary N) is 1. The van der Waals surface area contributed by atoms with Gasteiger partial charge in [-0.15, -0.1) is 0 Å². The van der Waals surface area contributed by atoms with Gasteiger partial charge in [-0.2, -0.15) is 5.10 Å². The molecule has 0 radical (unpaired) electrons. The summed E-state index contributed by atoms with van der Waals surface area (Å²) in [6.07, 6.45) is 1.41. The molecule has 2 amide bonds. The van der Waals surface area contributed by atoms with E-state index in [1.807, 2.05) is 19.9 Å². The van der Waals surface area contributed by atoms with Crippen LogP contribution in [0.2, 0.25) is 0 Å². The Balaban J connectivity index is 2.68. The minimum atomic E-state index is -0.697. The van der Waals surface area contributed by atoms with E-state index in [-0.39, 0.29) is 0 Å². The number of carbonyl (C=O) groups excluding carboxylic acids is 1. The van der Waals surface area contributed by atoms with Gasteiger partial charge in [0.1, 0.15) is 11.5 Å². The first kappa shape index (κ1) is 9.31. The molecule has 0 unspecified atom stereocenters. The lowest BCUT2D eigenvalue weighted by Gasteiger charge is -1.90. The van der Waals surface area contributed by atoms with Gasteiger partial charge >= 0.3 is 6.03 Å². The van der Waals surface area contributed by atoms with E-state index >= 15 is 0 Å². The number of hydrazone groups is 1. The molecule has 1 aromatic rings. The lowest BCUT2D eigenvalue weighted by Crippen LogP contribution is -2.24. The fraction of sp³-hybridized carbons (Fsp3) is 0.250. The molecule has 70 valence electrons. The zero-order valence-corrected chi connectivity index (χ0v) is 7.50. The van der Waals surface area contributed by atoms with Crippen molar-refractivity contribution in [1.82, 2.24) is 5.43 Å². The highest BCUT2D eigenvalue weighted by molar-refractivity contribution is 5.80. The van der Waals surface area contributed by atoms with Gasteiger partial charge < -0.3 is 10.2 Å². The Bertz CT molecular complexity index is 341. The summed E-state index contributed by atoms with van der Waals surface area (Å²) in [5, 5.41) is 3.57. The Morgan fingerprint density at radius 3 is 2.85 bits per heavy atom. The van der Waals surface area contributed by atoms with Crippen LogP contribution in [0.3, 0.4) is 0 Å². The van der Waals surface area contributed by atoms with Gasteiger partial charge in [-0.1, -0.05) is 0 Å². The number of amides is 2. The van der Waals surface area contributed by atoms with Gasteiger partial charge in [0.15, 0.2) is 0 Å². The fourth-order valence-corrected chi connectivity index (χ4v) is 0.942. The Morgan fingerprint density at radius 2 is 2.38 bits per heavy atom. The quantitative estimate of drug-likeness (QED) is 0.525. The molecular formula is C8H11N3O2. The first-order chi connectivity index (χ1) is 6.09. The zero-order valence-electron chi connectivity index (χ0n) is 7.50. The van der Waals surface area contributed by atoms with Crippen LogP contribution in [0.5, 0.6) is 0 Å². The Kier molecular flexibility index (Phi) is 2.69. The molecule has 3 N–H and O–H groups in total. The van der Waals surface area contributed by atoms with Crippen molar-refractivity contribution in [2.75, 3.05) is 0 Å². The van der Waals surface area contributed by atoms with Gasteiger partial charge in [-0.25, -0.2) is 10.2 Å². The number of nitrogens with one attached hydrogen (secondary N) is 1. The predicted octanol–water partition coefficient (Wildman–Crippen LogP) is 0.899. The van der Waals surface area contributed by atoms with E-state index in [0.29, 0.717) is 5.76 Å². The molecule has 0 bridgehead atoms. The van der Waals surface area contributed by atoms with Gasteiger partial charge in [0.25, 0.3) is 0 Å². The summed E-state index contributed by atoms with van der Waals surface area (Å²) >= 11 is 0. The van der Waals surface area contributed by atoms with Crippen molar-refractivity contribution in [2.24, 2.45) is 10.8 Å². The minimum Gasteiger partial charge on any atom is -0.460 e. The monoisotopic (exact) mass is 181 g/mol. The topological polar surface area (TPSA) is 80.6 Å². The van der Waals surface area contributed by atoms with E-state index in [1.165, 1.54) is 6.21 Å². The summed E-state index contributed by atoms with van der Waals surface area (Å²) in [7, 11) is 0. The van der Waals surface area contributed by atoms with Crippen molar-refractivity contribution < 1.29 is 9.21 Å².